The lowest BCUT2D eigenvalue weighted by atomic mass is 10.4. The Balaban J connectivity index is 2.11. The van der Waals surface area contributed by atoms with Crippen LogP contribution in [-0.4, -0.2) is 36.7 Å². The van der Waals surface area contributed by atoms with E-state index in [1.165, 1.54) is 5.69 Å². The third kappa shape index (κ3) is 1.41. The van der Waals surface area contributed by atoms with E-state index in [-0.39, 0.29) is 0 Å². The maximum atomic E-state index is 4.09. The smallest absolute Gasteiger partial charge is 0.0706 e. The van der Waals surface area contributed by atoms with E-state index in [1.54, 1.807) is 0 Å². The number of anilines is 1. The quantitative estimate of drug-likeness (QED) is 0.610. The summed E-state index contributed by atoms with van der Waals surface area (Å²) >= 11 is 0. The molecule has 0 amide bonds. The lowest BCUT2D eigenvalue weighted by Gasteiger charge is -2.16. The van der Waals surface area contributed by atoms with E-state index in [9.17, 15) is 0 Å². The van der Waals surface area contributed by atoms with Crippen LogP contribution in [0.2, 0.25) is 0 Å². The van der Waals surface area contributed by atoms with Gasteiger partial charge in [-0.2, -0.15) is 0 Å². The van der Waals surface area contributed by atoms with E-state index in [0.717, 1.165) is 19.8 Å². The highest BCUT2D eigenvalue weighted by Crippen LogP contribution is 2.14. The maximum absolute atomic E-state index is 4.09. The molecular weight excluding hydrogens is 150 g/mol. The van der Waals surface area contributed by atoms with Crippen molar-refractivity contribution in [3.05, 3.63) is 24.5 Å². The van der Waals surface area contributed by atoms with Crippen LogP contribution in [0, 0.1) is 0 Å². The summed E-state index contributed by atoms with van der Waals surface area (Å²) < 4.78 is 0. The second-order valence-corrected chi connectivity index (χ2v) is 3.20. The van der Waals surface area contributed by atoms with E-state index in [2.05, 4.69) is 27.9 Å². The van der Waals surface area contributed by atoms with E-state index in [0.29, 0.717) is 0 Å². The van der Waals surface area contributed by atoms with E-state index < -0.39 is 0 Å². The molecule has 1 aliphatic rings. The molecule has 0 aromatic carbocycles. The summed E-state index contributed by atoms with van der Waals surface area (Å²) in [6.07, 6.45) is 3.72. The van der Waals surface area contributed by atoms with Crippen molar-refractivity contribution in [2.24, 2.45) is 0 Å². The van der Waals surface area contributed by atoms with Gasteiger partial charge in [-0.15, -0.1) is 0 Å². The highest BCUT2D eigenvalue weighted by atomic mass is 15.4. The number of hydrogen-bond acceptors (Lipinski definition) is 3. The zero-order valence-electron chi connectivity index (χ0n) is 7.27. The van der Waals surface area contributed by atoms with E-state index >= 15 is 0 Å². The number of aromatic nitrogens is 1. The van der Waals surface area contributed by atoms with Gasteiger partial charge in [0.1, 0.15) is 0 Å². The summed E-state index contributed by atoms with van der Waals surface area (Å²) in [7, 11) is 2.14. The van der Waals surface area contributed by atoms with Gasteiger partial charge in [-0.3, -0.25) is 9.88 Å². The fourth-order valence-electron chi connectivity index (χ4n) is 1.48. The van der Waals surface area contributed by atoms with Crippen molar-refractivity contribution in [1.82, 2.24) is 9.88 Å². The summed E-state index contributed by atoms with van der Waals surface area (Å²) in [5.74, 6) is 0. The molecule has 0 radical (unpaired) electrons. The number of hydrogen-bond donors (Lipinski definition) is 0. The second kappa shape index (κ2) is 3.11. The standard InChI is InChI=1S/C9H13N3/c1-11-5-6-12(8-11)9-3-2-4-10-7-9/h2-4,7H,5-6,8H2,1H3. The van der Waals surface area contributed by atoms with Gasteiger partial charge < -0.3 is 4.90 Å². The van der Waals surface area contributed by atoms with Crippen molar-refractivity contribution in [3.63, 3.8) is 0 Å². The predicted molar refractivity (Wildman–Crippen MR) is 49.1 cm³/mol. The molecule has 0 atom stereocenters. The monoisotopic (exact) mass is 163 g/mol. The first-order valence-corrected chi connectivity index (χ1v) is 4.20. The molecule has 1 aromatic heterocycles. The van der Waals surface area contributed by atoms with Crippen molar-refractivity contribution in [2.45, 2.75) is 0 Å². The molecule has 3 heteroatoms. The average Bonchev–Trinajstić information content (AvgIpc) is 2.54. The number of rotatable bonds is 1. The summed E-state index contributed by atoms with van der Waals surface area (Å²) in [5, 5.41) is 0. The van der Waals surface area contributed by atoms with Crippen LogP contribution in [-0.2, 0) is 0 Å². The van der Waals surface area contributed by atoms with E-state index in [1.807, 2.05) is 18.5 Å². The Kier molecular flexibility index (Phi) is 1.96. The predicted octanol–water partition coefficient (Wildman–Crippen LogP) is 0.791. The molecule has 0 unspecified atom stereocenters. The molecule has 3 nitrogen and oxygen atoms in total. The van der Waals surface area contributed by atoms with Gasteiger partial charge in [0, 0.05) is 19.3 Å². The summed E-state index contributed by atoms with van der Waals surface area (Å²) in [5.41, 5.74) is 1.22. The molecule has 0 N–H and O–H groups in total. The zero-order chi connectivity index (χ0) is 8.39. The van der Waals surface area contributed by atoms with Crippen LogP contribution in [0.5, 0.6) is 0 Å². The molecule has 1 aliphatic heterocycles. The van der Waals surface area contributed by atoms with Gasteiger partial charge in [0.15, 0.2) is 0 Å². The highest BCUT2D eigenvalue weighted by molar-refractivity contribution is 5.44. The highest BCUT2D eigenvalue weighted by Gasteiger charge is 2.15. The van der Waals surface area contributed by atoms with Crippen LogP contribution in [0.15, 0.2) is 24.5 Å². The topological polar surface area (TPSA) is 19.4 Å². The molecule has 2 rings (SSSR count). The lowest BCUT2D eigenvalue weighted by molar-refractivity contribution is 0.421. The van der Waals surface area contributed by atoms with Gasteiger partial charge in [0.05, 0.1) is 18.6 Å². The molecule has 12 heavy (non-hydrogen) atoms. The van der Waals surface area contributed by atoms with Crippen molar-refractivity contribution >= 4 is 5.69 Å². The minimum absolute atomic E-state index is 1.02. The van der Waals surface area contributed by atoms with Crippen LogP contribution in [0.4, 0.5) is 5.69 Å². The Morgan fingerprint density at radius 1 is 1.42 bits per heavy atom. The van der Waals surface area contributed by atoms with Crippen molar-refractivity contribution < 1.29 is 0 Å². The molecule has 1 saturated heterocycles. The Hall–Kier alpha value is -1.09. The van der Waals surface area contributed by atoms with Crippen LogP contribution in [0.3, 0.4) is 0 Å². The molecular formula is C9H13N3. The fourth-order valence-corrected chi connectivity index (χ4v) is 1.48. The van der Waals surface area contributed by atoms with Crippen LogP contribution < -0.4 is 4.90 Å². The molecule has 0 spiro atoms. The average molecular weight is 163 g/mol. The number of pyridine rings is 1. The first-order chi connectivity index (χ1) is 5.86. The first kappa shape index (κ1) is 7.55. The summed E-state index contributed by atoms with van der Waals surface area (Å²) in [6.45, 7) is 3.28. The molecule has 0 bridgehead atoms. The molecule has 1 fully saturated rings. The van der Waals surface area contributed by atoms with Gasteiger partial charge in [0.25, 0.3) is 0 Å². The maximum Gasteiger partial charge on any atom is 0.0706 e. The Bertz CT molecular complexity index is 247. The fraction of sp³-hybridized carbons (Fsp3) is 0.444. The molecule has 2 heterocycles. The van der Waals surface area contributed by atoms with Gasteiger partial charge in [-0.25, -0.2) is 0 Å². The Labute approximate surface area is 72.6 Å². The van der Waals surface area contributed by atoms with Crippen LogP contribution >= 0.6 is 0 Å². The molecule has 0 saturated carbocycles. The largest absolute Gasteiger partial charge is 0.356 e. The van der Waals surface area contributed by atoms with Crippen molar-refractivity contribution in [3.8, 4) is 0 Å². The van der Waals surface area contributed by atoms with Gasteiger partial charge in [-0.05, 0) is 19.2 Å². The van der Waals surface area contributed by atoms with Gasteiger partial charge >= 0.3 is 0 Å². The van der Waals surface area contributed by atoms with Crippen LogP contribution in [0.25, 0.3) is 0 Å². The van der Waals surface area contributed by atoms with Crippen LogP contribution in [0.1, 0.15) is 0 Å². The van der Waals surface area contributed by atoms with Gasteiger partial charge in [-0.1, -0.05) is 0 Å². The first-order valence-electron chi connectivity index (χ1n) is 4.20. The third-order valence-electron chi connectivity index (χ3n) is 2.17. The molecule has 64 valence electrons. The van der Waals surface area contributed by atoms with Crippen molar-refractivity contribution in [2.75, 3.05) is 31.7 Å². The zero-order valence-corrected chi connectivity index (χ0v) is 7.27. The normalized spacial score (nSPS) is 18.6. The second-order valence-electron chi connectivity index (χ2n) is 3.20. The lowest BCUT2D eigenvalue weighted by Crippen LogP contribution is -2.22. The molecule has 0 aliphatic carbocycles. The Morgan fingerprint density at radius 2 is 2.33 bits per heavy atom. The van der Waals surface area contributed by atoms with E-state index in [4.69, 9.17) is 0 Å². The van der Waals surface area contributed by atoms with Crippen molar-refractivity contribution in [1.29, 1.82) is 0 Å². The minimum Gasteiger partial charge on any atom is -0.356 e. The molecule has 1 aromatic rings. The summed E-state index contributed by atoms with van der Waals surface area (Å²) in [6, 6.07) is 4.08. The SMILES string of the molecule is CN1CCN(c2cccnc2)C1. The minimum atomic E-state index is 1.02. The van der Waals surface area contributed by atoms with Gasteiger partial charge in [0.2, 0.25) is 0 Å². The number of nitrogens with zero attached hydrogens (tertiary/aromatic N) is 3. The number of likely N-dealkylation sites (N-methyl/N-ethyl adjacent to an activating group) is 1. The summed E-state index contributed by atoms with van der Waals surface area (Å²) in [4.78, 5) is 8.72. The Morgan fingerprint density at radius 3 is 2.92 bits per heavy atom. The third-order valence-corrected chi connectivity index (χ3v) is 2.17.